The maximum Gasteiger partial charge on any atom is 0.146 e. The molecule has 0 aromatic rings. The first-order valence-corrected chi connectivity index (χ1v) is 6.35. The first kappa shape index (κ1) is 11.6. The van der Waals surface area contributed by atoms with Gasteiger partial charge in [0.1, 0.15) is 5.78 Å². The largest absolute Gasteiger partial charge is 0.388 e. The lowest BCUT2D eigenvalue weighted by Gasteiger charge is -2.28. The molecule has 3 nitrogen and oxygen atoms in total. The fraction of sp³-hybridized carbons (Fsp3) is 0.769. The third kappa shape index (κ3) is 2.29. The molecule has 2 rings (SSSR count). The zero-order valence-electron chi connectivity index (χ0n) is 10.3. The molecule has 1 heterocycles. The lowest BCUT2D eigenvalue weighted by Crippen LogP contribution is -2.35. The third-order valence-corrected chi connectivity index (χ3v) is 4.00. The van der Waals surface area contributed by atoms with Crippen molar-refractivity contribution in [2.75, 3.05) is 7.05 Å². The van der Waals surface area contributed by atoms with Crippen LogP contribution in [0.1, 0.15) is 39.0 Å². The first-order chi connectivity index (χ1) is 7.72. The molecule has 0 aromatic heterocycles. The van der Waals surface area contributed by atoms with Crippen LogP contribution in [0.5, 0.6) is 0 Å². The maximum atomic E-state index is 11.4. The number of likely N-dealkylation sites (N-methyl/N-ethyl adjacent to an activating group) is 1. The van der Waals surface area contributed by atoms with Crippen LogP contribution in [0.2, 0.25) is 0 Å². The minimum atomic E-state index is -0.00581. The zero-order valence-corrected chi connectivity index (χ0v) is 10.3. The number of carbonyl (C=O) groups excluding carboxylic acids is 1. The van der Waals surface area contributed by atoms with Crippen molar-refractivity contribution in [3.05, 3.63) is 11.8 Å². The van der Waals surface area contributed by atoms with Crippen molar-refractivity contribution in [3.8, 4) is 0 Å². The SMILES string of the molecule is CNC(CC1=CNC2CCCCC12)C(C)=O. The maximum absolute atomic E-state index is 11.4. The second-order valence-corrected chi connectivity index (χ2v) is 5.04. The highest BCUT2D eigenvalue weighted by molar-refractivity contribution is 5.81. The Morgan fingerprint density at radius 3 is 3.00 bits per heavy atom. The van der Waals surface area contributed by atoms with Gasteiger partial charge < -0.3 is 10.6 Å². The summed E-state index contributed by atoms with van der Waals surface area (Å²) in [6, 6.07) is 0.641. The molecule has 1 fully saturated rings. The molecule has 2 aliphatic rings. The van der Waals surface area contributed by atoms with Crippen molar-refractivity contribution in [2.45, 2.75) is 51.1 Å². The van der Waals surface area contributed by atoms with Crippen LogP contribution in [0.3, 0.4) is 0 Å². The van der Waals surface area contributed by atoms with Crippen LogP contribution < -0.4 is 10.6 Å². The molecule has 3 unspecified atom stereocenters. The second-order valence-electron chi connectivity index (χ2n) is 5.04. The molecule has 3 heteroatoms. The van der Waals surface area contributed by atoms with Gasteiger partial charge in [-0.3, -0.25) is 4.79 Å². The number of nitrogens with one attached hydrogen (secondary N) is 2. The Bertz CT molecular complexity index is 298. The Morgan fingerprint density at radius 2 is 2.31 bits per heavy atom. The van der Waals surface area contributed by atoms with E-state index in [1.165, 1.54) is 31.3 Å². The number of Topliss-reactive ketones (excluding diaryl/α,β-unsaturated/α-hetero) is 1. The third-order valence-electron chi connectivity index (χ3n) is 4.00. The van der Waals surface area contributed by atoms with E-state index in [4.69, 9.17) is 0 Å². The van der Waals surface area contributed by atoms with E-state index >= 15 is 0 Å². The van der Waals surface area contributed by atoms with E-state index < -0.39 is 0 Å². The molecule has 1 aliphatic heterocycles. The minimum Gasteiger partial charge on any atom is -0.388 e. The Hall–Kier alpha value is -0.830. The fourth-order valence-electron chi connectivity index (χ4n) is 2.99. The number of fused-ring (bicyclic) bond motifs is 1. The van der Waals surface area contributed by atoms with Crippen molar-refractivity contribution in [1.29, 1.82) is 0 Å². The smallest absolute Gasteiger partial charge is 0.146 e. The number of carbonyl (C=O) groups is 1. The van der Waals surface area contributed by atoms with E-state index in [0.717, 1.165) is 6.42 Å². The Labute approximate surface area is 97.7 Å². The van der Waals surface area contributed by atoms with Gasteiger partial charge in [0.25, 0.3) is 0 Å². The van der Waals surface area contributed by atoms with Crippen LogP contribution in [0.15, 0.2) is 11.8 Å². The second kappa shape index (κ2) is 5.00. The summed E-state index contributed by atoms with van der Waals surface area (Å²) in [6.45, 7) is 1.67. The summed E-state index contributed by atoms with van der Waals surface area (Å²) in [5.41, 5.74) is 1.44. The molecule has 16 heavy (non-hydrogen) atoms. The molecular weight excluding hydrogens is 200 g/mol. The van der Waals surface area contributed by atoms with E-state index in [0.29, 0.717) is 12.0 Å². The average Bonchev–Trinajstić information content (AvgIpc) is 2.69. The quantitative estimate of drug-likeness (QED) is 0.759. The van der Waals surface area contributed by atoms with Crippen molar-refractivity contribution in [1.82, 2.24) is 10.6 Å². The van der Waals surface area contributed by atoms with E-state index in [1.807, 2.05) is 7.05 Å². The Morgan fingerprint density at radius 1 is 1.56 bits per heavy atom. The fourth-order valence-corrected chi connectivity index (χ4v) is 2.99. The monoisotopic (exact) mass is 222 g/mol. The lowest BCUT2D eigenvalue weighted by atomic mass is 9.80. The summed E-state index contributed by atoms with van der Waals surface area (Å²) >= 11 is 0. The summed E-state index contributed by atoms with van der Waals surface area (Å²) in [7, 11) is 1.87. The topological polar surface area (TPSA) is 41.1 Å². The Balaban J connectivity index is 1.97. The van der Waals surface area contributed by atoms with Crippen molar-refractivity contribution in [2.24, 2.45) is 5.92 Å². The zero-order chi connectivity index (χ0) is 11.5. The molecule has 1 saturated carbocycles. The molecule has 0 radical (unpaired) electrons. The van der Waals surface area contributed by atoms with Crippen molar-refractivity contribution < 1.29 is 4.79 Å². The highest BCUT2D eigenvalue weighted by Gasteiger charge is 2.32. The van der Waals surface area contributed by atoms with Gasteiger partial charge >= 0.3 is 0 Å². The van der Waals surface area contributed by atoms with E-state index in [-0.39, 0.29) is 11.8 Å². The number of rotatable bonds is 4. The predicted molar refractivity (Wildman–Crippen MR) is 65.1 cm³/mol. The molecule has 0 aromatic carbocycles. The molecule has 2 N–H and O–H groups in total. The standard InChI is InChI=1S/C13H22N2O/c1-9(16)13(14-2)7-10-8-15-12-6-4-3-5-11(10)12/h8,11-15H,3-7H2,1-2H3. The van der Waals surface area contributed by atoms with Gasteiger partial charge in [0.15, 0.2) is 0 Å². The molecule has 90 valence electrons. The van der Waals surface area contributed by atoms with Crippen LogP contribution >= 0.6 is 0 Å². The predicted octanol–water partition coefficient (Wildman–Crippen LogP) is 1.60. The van der Waals surface area contributed by atoms with E-state index in [9.17, 15) is 4.79 Å². The summed E-state index contributed by atoms with van der Waals surface area (Å²) in [6.07, 6.45) is 8.29. The Kier molecular flexibility index (Phi) is 3.64. The van der Waals surface area contributed by atoms with Crippen LogP contribution in [-0.2, 0) is 4.79 Å². The number of ketones is 1. The van der Waals surface area contributed by atoms with Gasteiger partial charge in [0.2, 0.25) is 0 Å². The normalized spacial score (nSPS) is 30.2. The molecule has 0 saturated heterocycles. The minimum absolute atomic E-state index is 0.00581. The van der Waals surface area contributed by atoms with Crippen LogP contribution in [0, 0.1) is 5.92 Å². The summed E-state index contributed by atoms with van der Waals surface area (Å²) in [5.74, 6) is 0.923. The molecule has 1 aliphatic carbocycles. The van der Waals surface area contributed by atoms with Crippen LogP contribution in [0.4, 0.5) is 0 Å². The number of hydrogen-bond donors (Lipinski definition) is 2. The van der Waals surface area contributed by atoms with Gasteiger partial charge in [-0.2, -0.15) is 0 Å². The summed E-state index contributed by atoms with van der Waals surface area (Å²) in [5, 5.41) is 6.58. The van der Waals surface area contributed by atoms with Crippen LogP contribution in [-0.4, -0.2) is 24.9 Å². The highest BCUT2D eigenvalue weighted by atomic mass is 16.1. The molecular formula is C13H22N2O. The van der Waals surface area contributed by atoms with E-state index in [1.54, 1.807) is 6.92 Å². The molecule has 3 atom stereocenters. The summed E-state index contributed by atoms with van der Waals surface area (Å²) in [4.78, 5) is 11.4. The lowest BCUT2D eigenvalue weighted by molar-refractivity contribution is -0.118. The van der Waals surface area contributed by atoms with Gasteiger partial charge in [0, 0.05) is 12.0 Å². The van der Waals surface area contributed by atoms with Gasteiger partial charge in [-0.05, 0) is 45.0 Å². The first-order valence-electron chi connectivity index (χ1n) is 6.35. The summed E-state index contributed by atoms with van der Waals surface area (Å²) < 4.78 is 0. The van der Waals surface area contributed by atoms with Crippen molar-refractivity contribution >= 4 is 5.78 Å². The molecule has 0 spiro atoms. The van der Waals surface area contributed by atoms with Gasteiger partial charge in [-0.25, -0.2) is 0 Å². The van der Waals surface area contributed by atoms with Crippen molar-refractivity contribution in [3.63, 3.8) is 0 Å². The average molecular weight is 222 g/mol. The van der Waals surface area contributed by atoms with Crippen LogP contribution in [0.25, 0.3) is 0 Å². The molecule has 0 bridgehead atoms. The highest BCUT2D eigenvalue weighted by Crippen LogP contribution is 2.35. The number of hydrogen-bond acceptors (Lipinski definition) is 3. The van der Waals surface area contributed by atoms with Gasteiger partial charge in [-0.15, -0.1) is 0 Å². The van der Waals surface area contributed by atoms with Gasteiger partial charge in [-0.1, -0.05) is 12.8 Å². The molecule has 0 amide bonds. The van der Waals surface area contributed by atoms with Gasteiger partial charge in [0.05, 0.1) is 6.04 Å². The van der Waals surface area contributed by atoms with E-state index in [2.05, 4.69) is 16.8 Å².